The molecule has 0 N–H and O–H groups in total. The van der Waals surface area contributed by atoms with Gasteiger partial charge in [0.25, 0.3) is 0 Å². The molecule has 0 spiro atoms. The quantitative estimate of drug-likeness (QED) is 0.419. The summed E-state index contributed by atoms with van der Waals surface area (Å²) in [5, 5.41) is 0. The molecule has 0 aromatic rings. The molecule has 2 heteroatoms. The first-order valence-corrected chi connectivity index (χ1v) is 5.53. The normalized spacial score (nSPS) is 10.6. The summed E-state index contributed by atoms with van der Waals surface area (Å²) >= 11 is 0. The highest BCUT2D eigenvalue weighted by Crippen LogP contribution is 2.03. The van der Waals surface area contributed by atoms with E-state index in [0.29, 0.717) is 6.10 Å². The maximum absolute atomic E-state index is 5.44. The molecule has 0 saturated heterocycles. The number of hydrogen-bond acceptors (Lipinski definition) is 2. The SMILES string of the molecule is C=C(C)OCCCCCCOC(C)C. The molecule has 0 unspecified atom stereocenters. The Labute approximate surface area is 88.3 Å². The number of rotatable bonds is 9. The second kappa shape index (κ2) is 9.07. The van der Waals surface area contributed by atoms with Crippen molar-refractivity contribution in [3.63, 3.8) is 0 Å². The van der Waals surface area contributed by atoms with Crippen LogP contribution in [0.25, 0.3) is 0 Å². The molecule has 0 aromatic carbocycles. The Morgan fingerprint density at radius 1 is 1.07 bits per heavy atom. The standard InChI is InChI=1S/C12H24O2/c1-11(2)13-9-7-5-6-8-10-14-12(3)4/h12H,1,5-10H2,2-4H3. The molecule has 0 radical (unpaired) electrons. The minimum atomic E-state index is 0.363. The summed E-state index contributed by atoms with van der Waals surface area (Å²) in [6.07, 6.45) is 5.09. The van der Waals surface area contributed by atoms with E-state index >= 15 is 0 Å². The van der Waals surface area contributed by atoms with Gasteiger partial charge in [0.2, 0.25) is 0 Å². The molecule has 0 saturated carbocycles. The Balaban J connectivity index is 2.96. The Bertz CT molecular complexity index is 141. The number of unbranched alkanes of at least 4 members (excludes halogenated alkanes) is 3. The topological polar surface area (TPSA) is 18.5 Å². The molecule has 0 heterocycles. The van der Waals surface area contributed by atoms with Crippen LogP contribution in [0.15, 0.2) is 12.3 Å². The van der Waals surface area contributed by atoms with Crippen molar-refractivity contribution >= 4 is 0 Å². The van der Waals surface area contributed by atoms with Crippen LogP contribution >= 0.6 is 0 Å². The van der Waals surface area contributed by atoms with Crippen LogP contribution in [0.1, 0.15) is 46.5 Å². The molecule has 14 heavy (non-hydrogen) atoms. The van der Waals surface area contributed by atoms with Gasteiger partial charge in [-0.05, 0) is 40.0 Å². The number of allylic oxidation sites excluding steroid dienone is 1. The van der Waals surface area contributed by atoms with Gasteiger partial charge in [0.05, 0.1) is 18.5 Å². The van der Waals surface area contributed by atoms with Gasteiger partial charge in [0, 0.05) is 6.61 Å². The van der Waals surface area contributed by atoms with Crippen molar-refractivity contribution in [2.75, 3.05) is 13.2 Å². The van der Waals surface area contributed by atoms with Gasteiger partial charge in [0.15, 0.2) is 0 Å². The van der Waals surface area contributed by atoms with Gasteiger partial charge in [-0.1, -0.05) is 13.0 Å². The highest BCUT2D eigenvalue weighted by molar-refractivity contribution is 4.73. The molecule has 0 bridgehead atoms. The molecule has 0 fully saturated rings. The third-order valence-electron chi connectivity index (χ3n) is 1.84. The van der Waals surface area contributed by atoms with E-state index in [2.05, 4.69) is 20.4 Å². The maximum atomic E-state index is 5.44. The zero-order valence-electron chi connectivity index (χ0n) is 9.84. The van der Waals surface area contributed by atoms with Gasteiger partial charge in [-0.25, -0.2) is 0 Å². The first kappa shape index (κ1) is 13.5. The summed E-state index contributed by atoms with van der Waals surface area (Å²) in [7, 11) is 0. The molecule has 0 aromatic heterocycles. The van der Waals surface area contributed by atoms with Crippen LogP contribution in [-0.4, -0.2) is 19.3 Å². The van der Waals surface area contributed by atoms with Gasteiger partial charge in [-0.3, -0.25) is 0 Å². The molecule has 0 aliphatic rings. The minimum Gasteiger partial charge on any atom is -0.499 e. The van der Waals surface area contributed by atoms with Crippen molar-refractivity contribution in [3.05, 3.63) is 12.3 Å². The zero-order chi connectivity index (χ0) is 10.8. The van der Waals surface area contributed by atoms with Gasteiger partial charge < -0.3 is 9.47 Å². The highest BCUT2D eigenvalue weighted by atomic mass is 16.5. The maximum Gasteiger partial charge on any atom is 0.0876 e. The van der Waals surface area contributed by atoms with Gasteiger partial charge in [0.1, 0.15) is 0 Å². The van der Waals surface area contributed by atoms with Crippen LogP contribution in [0, 0.1) is 0 Å². The van der Waals surface area contributed by atoms with Crippen molar-refractivity contribution in [1.29, 1.82) is 0 Å². The predicted octanol–water partition coefficient (Wildman–Crippen LogP) is 3.52. The lowest BCUT2D eigenvalue weighted by molar-refractivity contribution is 0.0753. The molecule has 84 valence electrons. The lowest BCUT2D eigenvalue weighted by atomic mass is 10.2. The van der Waals surface area contributed by atoms with Crippen LogP contribution in [-0.2, 0) is 9.47 Å². The largest absolute Gasteiger partial charge is 0.499 e. The molecular weight excluding hydrogens is 176 g/mol. The third-order valence-corrected chi connectivity index (χ3v) is 1.84. The summed E-state index contributed by atoms with van der Waals surface area (Å²) in [5.74, 6) is 0.813. The summed E-state index contributed by atoms with van der Waals surface area (Å²) < 4.78 is 10.7. The molecule has 2 nitrogen and oxygen atoms in total. The fourth-order valence-electron chi connectivity index (χ4n) is 1.12. The third kappa shape index (κ3) is 11.5. The highest BCUT2D eigenvalue weighted by Gasteiger charge is 1.94. The molecule has 0 amide bonds. The monoisotopic (exact) mass is 200 g/mol. The molecule has 0 aliphatic carbocycles. The first-order valence-electron chi connectivity index (χ1n) is 5.53. The van der Waals surface area contributed by atoms with Crippen molar-refractivity contribution < 1.29 is 9.47 Å². The Kier molecular flexibility index (Phi) is 8.75. The van der Waals surface area contributed by atoms with E-state index in [-0.39, 0.29) is 0 Å². The second-order valence-electron chi connectivity index (χ2n) is 3.88. The van der Waals surface area contributed by atoms with E-state index in [9.17, 15) is 0 Å². The van der Waals surface area contributed by atoms with E-state index < -0.39 is 0 Å². The van der Waals surface area contributed by atoms with Crippen LogP contribution < -0.4 is 0 Å². The summed E-state index contributed by atoms with van der Waals surface area (Å²) in [4.78, 5) is 0. The fraction of sp³-hybridized carbons (Fsp3) is 0.833. The van der Waals surface area contributed by atoms with Crippen LogP contribution in [0.2, 0.25) is 0 Å². The van der Waals surface area contributed by atoms with Crippen molar-refractivity contribution in [2.24, 2.45) is 0 Å². The van der Waals surface area contributed by atoms with E-state index in [1.54, 1.807) is 0 Å². The lowest BCUT2D eigenvalue weighted by Gasteiger charge is -2.07. The number of ether oxygens (including phenoxy) is 2. The average Bonchev–Trinajstić information content (AvgIpc) is 2.08. The molecule has 0 aliphatic heterocycles. The Morgan fingerprint density at radius 3 is 2.14 bits per heavy atom. The van der Waals surface area contributed by atoms with Crippen molar-refractivity contribution in [3.8, 4) is 0 Å². The van der Waals surface area contributed by atoms with E-state index in [1.807, 2.05) is 6.92 Å². The van der Waals surface area contributed by atoms with Gasteiger partial charge >= 0.3 is 0 Å². The second-order valence-corrected chi connectivity index (χ2v) is 3.88. The van der Waals surface area contributed by atoms with Gasteiger partial charge in [-0.2, -0.15) is 0 Å². The average molecular weight is 200 g/mol. The summed E-state index contributed by atoms with van der Waals surface area (Å²) in [6, 6.07) is 0. The van der Waals surface area contributed by atoms with Crippen LogP contribution in [0.4, 0.5) is 0 Å². The summed E-state index contributed by atoms with van der Waals surface area (Å²) in [5.41, 5.74) is 0. The molecule has 0 atom stereocenters. The van der Waals surface area contributed by atoms with E-state index in [1.165, 1.54) is 12.8 Å². The molecular formula is C12H24O2. The van der Waals surface area contributed by atoms with E-state index in [0.717, 1.165) is 31.8 Å². The molecule has 0 rings (SSSR count). The Morgan fingerprint density at radius 2 is 1.64 bits per heavy atom. The Hall–Kier alpha value is -0.500. The lowest BCUT2D eigenvalue weighted by Crippen LogP contribution is -2.03. The summed E-state index contributed by atoms with van der Waals surface area (Å²) in [6.45, 7) is 11.4. The number of hydrogen-bond donors (Lipinski definition) is 0. The predicted molar refractivity (Wildman–Crippen MR) is 60.3 cm³/mol. The zero-order valence-corrected chi connectivity index (χ0v) is 9.84. The van der Waals surface area contributed by atoms with Crippen molar-refractivity contribution in [2.45, 2.75) is 52.6 Å². The van der Waals surface area contributed by atoms with Crippen molar-refractivity contribution in [1.82, 2.24) is 0 Å². The van der Waals surface area contributed by atoms with Crippen LogP contribution in [0.3, 0.4) is 0 Å². The fourth-order valence-corrected chi connectivity index (χ4v) is 1.12. The van der Waals surface area contributed by atoms with Crippen LogP contribution in [0.5, 0.6) is 0 Å². The first-order chi connectivity index (χ1) is 6.63. The smallest absolute Gasteiger partial charge is 0.0876 e. The van der Waals surface area contributed by atoms with Gasteiger partial charge in [-0.15, -0.1) is 0 Å². The minimum absolute atomic E-state index is 0.363. The van der Waals surface area contributed by atoms with E-state index in [4.69, 9.17) is 9.47 Å².